The van der Waals surface area contributed by atoms with E-state index in [-0.39, 0.29) is 68.6 Å². The summed E-state index contributed by atoms with van der Waals surface area (Å²) in [4.78, 5) is 122. The monoisotopic (exact) mass is 976 g/mol. The fourth-order valence-corrected chi connectivity index (χ4v) is 6.62. The van der Waals surface area contributed by atoms with E-state index in [0.717, 1.165) is 0 Å². The predicted octanol–water partition coefficient (Wildman–Crippen LogP) is -2.42. The van der Waals surface area contributed by atoms with E-state index in [4.69, 9.17) is 22.9 Å². The first-order valence-corrected chi connectivity index (χ1v) is 23.2. The van der Waals surface area contributed by atoms with Crippen molar-refractivity contribution in [3.63, 3.8) is 0 Å². The number of phenolic OH excluding ortho intramolecular Hbond substituents is 1. The van der Waals surface area contributed by atoms with Crippen LogP contribution in [0.5, 0.6) is 5.75 Å². The molecule has 0 saturated heterocycles. The van der Waals surface area contributed by atoms with Crippen molar-refractivity contribution in [2.24, 2.45) is 39.8 Å². The zero-order chi connectivity index (χ0) is 52.5. The third-order valence-electron chi connectivity index (χ3n) is 10.6. The van der Waals surface area contributed by atoms with Gasteiger partial charge < -0.3 is 75.7 Å². The number of hydrogen-bond acceptors (Lipinski definition) is 13. The number of carboxylic acid groups (broad SMARTS) is 1. The third-order valence-corrected chi connectivity index (χ3v) is 10.6. The Morgan fingerprint density at radius 3 is 1.35 bits per heavy atom. The minimum absolute atomic E-state index is 0.00610. The highest BCUT2D eigenvalue weighted by molar-refractivity contribution is 5.97. The maximum absolute atomic E-state index is 13.9. The molecule has 1 aromatic carbocycles. The van der Waals surface area contributed by atoms with Gasteiger partial charge in [-0.05, 0) is 115 Å². The number of rotatable bonds is 31. The minimum Gasteiger partial charge on any atom is -0.508 e. The van der Waals surface area contributed by atoms with Gasteiger partial charge in [-0.15, -0.1) is 0 Å². The van der Waals surface area contributed by atoms with Crippen molar-refractivity contribution in [2.75, 3.05) is 13.1 Å². The number of guanidine groups is 1. The molecule has 0 radical (unpaired) electrons. The molecule has 1 rings (SSSR count). The van der Waals surface area contributed by atoms with Crippen molar-refractivity contribution >= 4 is 59.2 Å². The van der Waals surface area contributed by atoms with Crippen LogP contribution in [0.3, 0.4) is 0 Å². The van der Waals surface area contributed by atoms with Crippen LogP contribution in [0.2, 0.25) is 0 Å². The smallest absolute Gasteiger partial charge is 0.326 e. The molecule has 0 bridgehead atoms. The van der Waals surface area contributed by atoms with Gasteiger partial charge in [-0.1, -0.05) is 39.8 Å². The number of hydrogen-bond donors (Lipinski definition) is 14. The van der Waals surface area contributed by atoms with E-state index in [1.807, 2.05) is 27.7 Å². The van der Waals surface area contributed by atoms with Gasteiger partial charge in [0.1, 0.15) is 54.1 Å². The van der Waals surface area contributed by atoms with Gasteiger partial charge in [0.25, 0.3) is 0 Å². The highest BCUT2D eigenvalue weighted by Crippen LogP contribution is 2.13. The molecule has 0 aliphatic rings. The number of carboxylic acids is 1. The molecule has 0 fully saturated rings. The van der Waals surface area contributed by atoms with E-state index >= 15 is 0 Å². The zero-order valence-corrected chi connectivity index (χ0v) is 41.1. The fourth-order valence-electron chi connectivity index (χ4n) is 6.62. The van der Waals surface area contributed by atoms with Crippen molar-refractivity contribution < 1.29 is 53.4 Å². The second kappa shape index (κ2) is 30.7. The minimum atomic E-state index is -1.30. The number of aliphatic carboxylic acids is 1. The van der Waals surface area contributed by atoms with Crippen LogP contribution in [0.1, 0.15) is 106 Å². The molecule has 9 atom stereocenters. The van der Waals surface area contributed by atoms with Crippen LogP contribution >= 0.6 is 0 Å². The summed E-state index contributed by atoms with van der Waals surface area (Å²) < 4.78 is 0. The third kappa shape index (κ3) is 23.8. The Labute approximate surface area is 403 Å². The van der Waals surface area contributed by atoms with Crippen LogP contribution in [-0.4, -0.2) is 137 Å². The first-order valence-electron chi connectivity index (χ1n) is 23.2. The lowest BCUT2D eigenvalue weighted by molar-refractivity contribution is -0.142. The largest absolute Gasteiger partial charge is 0.508 e. The standard InChI is InChI=1S/C45H77N13O11/c1-23(2)20-34(42(66)54-28(8)38(62)56-33(44(68)69)13-11-19-50-45(48)49)58-41(65)32(12-9-10-18-46)55-43(67)35(21-24(3)4)57-39(63)27(7)52-36(60)25(5)51-37(61)26(6)53-40(64)31(47)22-29-14-16-30(59)17-15-29/h14-17,23-28,31-35,59H,9-13,18-22,46-47H2,1-8H3,(H,51,61)(H,52,60)(H,53,64)(H,54,66)(H,55,67)(H,56,62)(H,57,63)(H,58,65)(H,68,69)(H4,48,49,50)/t25-,26-,27-,28-,31-,32-,33-,34-,35-/m0/s1. The first kappa shape index (κ1) is 60.5. The summed E-state index contributed by atoms with van der Waals surface area (Å²) in [5.41, 5.74) is 23.0. The molecule has 18 N–H and O–H groups in total. The summed E-state index contributed by atoms with van der Waals surface area (Å²) in [7, 11) is 0. The number of phenols is 1. The van der Waals surface area contributed by atoms with Gasteiger partial charge in [-0.25, -0.2) is 4.79 Å². The van der Waals surface area contributed by atoms with Crippen molar-refractivity contribution in [1.29, 1.82) is 0 Å². The number of carbonyl (C=O) groups is 9. The maximum Gasteiger partial charge on any atom is 0.326 e. The summed E-state index contributed by atoms with van der Waals surface area (Å²) >= 11 is 0. The SMILES string of the molecule is CC(C)C[C@H](NC(=O)[C@H](C)NC(=O)[C@H](C)NC(=O)[C@H](C)NC(=O)[C@@H](N)Cc1ccc(O)cc1)C(=O)N[C@@H](CCCCN)C(=O)N[C@@H](CC(C)C)C(=O)N[C@@H](C)C(=O)N[C@@H](CCCN=C(N)N)C(=O)O. The molecule has 1 aromatic rings. The Balaban J connectivity index is 3.02. The molecule has 0 aliphatic heterocycles. The van der Waals surface area contributed by atoms with Gasteiger partial charge in [0.15, 0.2) is 5.96 Å². The molecule has 388 valence electrons. The van der Waals surface area contributed by atoms with E-state index in [9.17, 15) is 53.4 Å². The second-order valence-electron chi connectivity index (χ2n) is 18.0. The molecule has 0 aliphatic carbocycles. The van der Waals surface area contributed by atoms with E-state index in [1.54, 1.807) is 12.1 Å². The number of nitrogens with one attached hydrogen (secondary N) is 8. The highest BCUT2D eigenvalue weighted by Gasteiger charge is 2.33. The van der Waals surface area contributed by atoms with Gasteiger partial charge in [-0.3, -0.25) is 43.3 Å². The second-order valence-corrected chi connectivity index (χ2v) is 18.0. The van der Waals surface area contributed by atoms with Crippen molar-refractivity contribution in [3.8, 4) is 5.75 Å². The fraction of sp³-hybridized carbons (Fsp3) is 0.644. The lowest BCUT2D eigenvalue weighted by Crippen LogP contribution is -2.59. The van der Waals surface area contributed by atoms with Crippen LogP contribution < -0.4 is 65.5 Å². The van der Waals surface area contributed by atoms with Gasteiger partial charge in [-0.2, -0.15) is 0 Å². The molecule has 0 unspecified atom stereocenters. The Morgan fingerprint density at radius 1 is 0.522 bits per heavy atom. The summed E-state index contributed by atoms with van der Waals surface area (Å²) in [5, 5.41) is 39.5. The Bertz CT molecular complexity index is 1910. The topological polar surface area (TPSA) is 407 Å². The molecule has 24 nitrogen and oxygen atoms in total. The predicted molar refractivity (Wildman–Crippen MR) is 257 cm³/mol. The number of unbranched alkanes of at least 4 members (excludes halogenated alkanes) is 1. The molecule has 8 amide bonds. The van der Waals surface area contributed by atoms with E-state index < -0.39 is 108 Å². The molecule has 0 aromatic heterocycles. The van der Waals surface area contributed by atoms with E-state index in [0.29, 0.717) is 24.9 Å². The van der Waals surface area contributed by atoms with E-state index in [1.165, 1.54) is 39.8 Å². The van der Waals surface area contributed by atoms with Crippen LogP contribution in [0.15, 0.2) is 29.3 Å². The maximum atomic E-state index is 13.9. The molecule has 0 spiro atoms. The molecule has 69 heavy (non-hydrogen) atoms. The average molecular weight is 976 g/mol. The number of aromatic hydroxyl groups is 1. The summed E-state index contributed by atoms with van der Waals surface area (Å²) in [6.07, 6.45) is 1.66. The van der Waals surface area contributed by atoms with Crippen LogP contribution in [0.4, 0.5) is 0 Å². The van der Waals surface area contributed by atoms with Crippen molar-refractivity contribution in [1.82, 2.24) is 42.5 Å². The van der Waals surface area contributed by atoms with Gasteiger partial charge >= 0.3 is 5.97 Å². The van der Waals surface area contributed by atoms with Crippen LogP contribution in [0.25, 0.3) is 0 Å². The summed E-state index contributed by atoms with van der Waals surface area (Å²) in [5.74, 6) is -7.44. The molecule has 24 heteroatoms. The highest BCUT2D eigenvalue weighted by atomic mass is 16.4. The normalized spacial score (nSPS) is 15.0. The number of aliphatic imine (C=N–C) groups is 1. The molecular weight excluding hydrogens is 899 g/mol. The number of nitrogens with two attached hydrogens (primary N) is 4. The van der Waals surface area contributed by atoms with Gasteiger partial charge in [0, 0.05) is 6.54 Å². The zero-order valence-electron chi connectivity index (χ0n) is 41.1. The Hall–Kier alpha value is -6.56. The quantitative estimate of drug-likeness (QED) is 0.0209. The number of nitrogens with zero attached hydrogens (tertiary/aromatic N) is 1. The number of benzene rings is 1. The van der Waals surface area contributed by atoms with Gasteiger partial charge in [0.2, 0.25) is 47.3 Å². The lowest BCUT2D eigenvalue weighted by atomic mass is 10.00. The molecule has 0 heterocycles. The van der Waals surface area contributed by atoms with Crippen molar-refractivity contribution in [3.05, 3.63) is 29.8 Å². The Kier molecular flexibility index (Phi) is 26.9. The number of carbonyl (C=O) groups excluding carboxylic acids is 8. The van der Waals surface area contributed by atoms with Crippen molar-refractivity contribution in [2.45, 2.75) is 161 Å². The molecular formula is C45H77N13O11. The molecule has 0 saturated carbocycles. The van der Waals surface area contributed by atoms with E-state index in [2.05, 4.69) is 47.5 Å². The summed E-state index contributed by atoms with van der Waals surface area (Å²) in [6, 6.07) is -4.39. The van der Waals surface area contributed by atoms with Gasteiger partial charge in [0.05, 0.1) is 6.04 Å². The Morgan fingerprint density at radius 2 is 0.899 bits per heavy atom. The van der Waals surface area contributed by atoms with Crippen LogP contribution in [0, 0.1) is 11.8 Å². The first-order chi connectivity index (χ1) is 32.2. The lowest BCUT2D eigenvalue weighted by Gasteiger charge is -2.28. The summed E-state index contributed by atoms with van der Waals surface area (Å²) in [6.45, 7) is 13.2. The average Bonchev–Trinajstić information content (AvgIpc) is 3.26. The van der Waals surface area contributed by atoms with Crippen LogP contribution in [-0.2, 0) is 49.6 Å². The number of amides is 8.